The maximum absolute atomic E-state index is 9.91. The van der Waals surface area contributed by atoms with E-state index < -0.39 is 0 Å². The number of piperidine rings is 1. The normalized spacial score (nSPS) is 23.5. The Labute approximate surface area is 117 Å². The molecule has 0 spiro atoms. The molecule has 106 valence electrons. The van der Waals surface area contributed by atoms with Gasteiger partial charge in [-0.2, -0.15) is 15.0 Å². The molecular weight excluding hydrogens is 268 g/mol. The van der Waals surface area contributed by atoms with Gasteiger partial charge in [-0.25, -0.2) is 0 Å². The van der Waals surface area contributed by atoms with Crippen LogP contribution in [0.4, 0.5) is 5.95 Å². The molecule has 2 heterocycles. The van der Waals surface area contributed by atoms with Crippen molar-refractivity contribution >= 4 is 17.5 Å². The van der Waals surface area contributed by atoms with Gasteiger partial charge in [0.2, 0.25) is 11.2 Å². The first-order chi connectivity index (χ1) is 9.10. The molecule has 1 saturated heterocycles. The van der Waals surface area contributed by atoms with Gasteiger partial charge < -0.3 is 14.7 Å². The van der Waals surface area contributed by atoms with Crippen molar-refractivity contribution in [3.63, 3.8) is 0 Å². The van der Waals surface area contributed by atoms with Crippen LogP contribution in [-0.4, -0.2) is 45.9 Å². The first kappa shape index (κ1) is 14.3. The van der Waals surface area contributed by atoms with Gasteiger partial charge in [-0.05, 0) is 30.4 Å². The minimum Gasteiger partial charge on any atom is -0.463 e. The van der Waals surface area contributed by atoms with Crippen molar-refractivity contribution in [3.8, 4) is 6.01 Å². The third kappa shape index (κ3) is 3.67. The van der Waals surface area contributed by atoms with E-state index in [2.05, 4.69) is 15.0 Å². The molecule has 1 fully saturated rings. The number of aliphatic hydroxyl groups excluding tert-OH is 1. The molecule has 0 radical (unpaired) electrons. The summed E-state index contributed by atoms with van der Waals surface area (Å²) in [5.41, 5.74) is 0. The van der Waals surface area contributed by atoms with E-state index in [-0.39, 0.29) is 17.4 Å². The van der Waals surface area contributed by atoms with Crippen LogP contribution in [-0.2, 0) is 0 Å². The van der Waals surface area contributed by atoms with Crippen LogP contribution in [0.5, 0.6) is 6.01 Å². The fraction of sp³-hybridized carbons (Fsp3) is 0.750. The SMILES string of the molecule is CCCOc1nc(Cl)nc(N2CCC(C)C(O)C2)n1. The molecule has 0 bridgehead atoms. The monoisotopic (exact) mass is 286 g/mol. The van der Waals surface area contributed by atoms with Crippen LogP contribution in [0.25, 0.3) is 0 Å². The summed E-state index contributed by atoms with van der Waals surface area (Å²) in [6.45, 7) is 5.89. The second-order valence-corrected chi connectivity index (χ2v) is 5.15. The molecule has 6 nitrogen and oxygen atoms in total. The number of nitrogens with zero attached hydrogens (tertiary/aromatic N) is 4. The van der Waals surface area contributed by atoms with Crippen molar-refractivity contribution in [3.05, 3.63) is 5.28 Å². The summed E-state index contributed by atoms with van der Waals surface area (Å²) in [6, 6.07) is 0.241. The largest absolute Gasteiger partial charge is 0.463 e. The molecule has 1 aromatic rings. The Hall–Kier alpha value is -1.14. The number of β-amino-alcohol motifs (C(OH)–C–C–N with tert-alkyl or cyclic N) is 1. The first-order valence-electron chi connectivity index (χ1n) is 6.57. The fourth-order valence-electron chi connectivity index (χ4n) is 1.95. The van der Waals surface area contributed by atoms with Crippen LogP contribution in [0, 0.1) is 5.92 Å². The number of aliphatic hydroxyl groups is 1. The van der Waals surface area contributed by atoms with Crippen LogP contribution < -0.4 is 9.64 Å². The molecule has 0 aromatic carbocycles. The van der Waals surface area contributed by atoms with Crippen LogP contribution in [0.3, 0.4) is 0 Å². The Kier molecular flexibility index (Phi) is 4.76. The van der Waals surface area contributed by atoms with Gasteiger partial charge in [-0.3, -0.25) is 0 Å². The van der Waals surface area contributed by atoms with E-state index in [1.165, 1.54) is 0 Å². The van der Waals surface area contributed by atoms with Crippen LogP contribution >= 0.6 is 11.6 Å². The zero-order chi connectivity index (χ0) is 13.8. The number of hydrogen-bond donors (Lipinski definition) is 1. The topological polar surface area (TPSA) is 71.4 Å². The highest BCUT2D eigenvalue weighted by Crippen LogP contribution is 2.22. The smallest absolute Gasteiger partial charge is 0.322 e. The highest BCUT2D eigenvalue weighted by molar-refractivity contribution is 6.28. The standard InChI is InChI=1S/C12H19ClN4O2/c1-3-6-19-12-15-10(13)14-11(16-12)17-5-4-8(2)9(18)7-17/h8-9,18H,3-7H2,1-2H3. The van der Waals surface area contributed by atoms with Crippen molar-refractivity contribution in [2.45, 2.75) is 32.8 Å². The summed E-state index contributed by atoms with van der Waals surface area (Å²) >= 11 is 5.88. The molecule has 0 saturated carbocycles. The third-order valence-electron chi connectivity index (χ3n) is 3.21. The molecule has 1 aliphatic rings. The van der Waals surface area contributed by atoms with Gasteiger partial charge in [0.15, 0.2) is 0 Å². The summed E-state index contributed by atoms with van der Waals surface area (Å²) in [4.78, 5) is 14.2. The zero-order valence-corrected chi connectivity index (χ0v) is 12.0. The first-order valence-corrected chi connectivity index (χ1v) is 6.95. The number of aromatic nitrogens is 3. The fourth-order valence-corrected chi connectivity index (χ4v) is 2.10. The Bertz CT molecular complexity index is 432. The summed E-state index contributed by atoms with van der Waals surface area (Å²) in [6.07, 6.45) is 1.40. The highest BCUT2D eigenvalue weighted by atomic mass is 35.5. The van der Waals surface area contributed by atoms with E-state index in [0.717, 1.165) is 19.4 Å². The van der Waals surface area contributed by atoms with Crippen LogP contribution in [0.2, 0.25) is 5.28 Å². The Morgan fingerprint density at radius 3 is 2.89 bits per heavy atom. The van der Waals surface area contributed by atoms with E-state index in [1.54, 1.807) is 0 Å². The summed E-state index contributed by atoms with van der Waals surface area (Å²) in [5.74, 6) is 0.765. The maximum Gasteiger partial charge on any atom is 0.322 e. The third-order valence-corrected chi connectivity index (χ3v) is 3.38. The van der Waals surface area contributed by atoms with Crippen LogP contribution in [0.15, 0.2) is 0 Å². The summed E-state index contributed by atoms with van der Waals surface area (Å²) in [7, 11) is 0. The Morgan fingerprint density at radius 2 is 2.21 bits per heavy atom. The van der Waals surface area contributed by atoms with Crippen molar-refractivity contribution in [1.29, 1.82) is 0 Å². The molecule has 0 aliphatic carbocycles. The lowest BCUT2D eigenvalue weighted by molar-refractivity contribution is 0.102. The van der Waals surface area contributed by atoms with E-state index in [9.17, 15) is 5.11 Å². The average Bonchev–Trinajstić information content (AvgIpc) is 2.39. The van der Waals surface area contributed by atoms with Crippen molar-refractivity contribution in [2.24, 2.45) is 5.92 Å². The number of rotatable bonds is 4. The molecule has 7 heteroatoms. The Morgan fingerprint density at radius 1 is 1.42 bits per heavy atom. The van der Waals surface area contributed by atoms with Gasteiger partial charge in [0.1, 0.15) is 0 Å². The minimum atomic E-state index is -0.371. The van der Waals surface area contributed by atoms with Crippen LogP contribution in [0.1, 0.15) is 26.7 Å². The second-order valence-electron chi connectivity index (χ2n) is 4.81. The van der Waals surface area contributed by atoms with Crippen molar-refractivity contribution in [1.82, 2.24) is 15.0 Å². The number of ether oxygens (including phenoxy) is 1. The van der Waals surface area contributed by atoms with Gasteiger partial charge >= 0.3 is 6.01 Å². The predicted molar refractivity (Wildman–Crippen MR) is 72.6 cm³/mol. The lowest BCUT2D eigenvalue weighted by Gasteiger charge is -2.34. The minimum absolute atomic E-state index is 0.115. The molecule has 2 rings (SSSR count). The molecule has 1 aromatic heterocycles. The number of halogens is 1. The van der Waals surface area contributed by atoms with Gasteiger partial charge in [0, 0.05) is 13.1 Å². The molecule has 2 unspecified atom stereocenters. The lowest BCUT2D eigenvalue weighted by atomic mass is 9.96. The van der Waals surface area contributed by atoms with Gasteiger partial charge in [-0.1, -0.05) is 13.8 Å². The van der Waals surface area contributed by atoms with Gasteiger partial charge in [0.05, 0.1) is 12.7 Å². The maximum atomic E-state index is 9.91. The van der Waals surface area contributed by atoms with Crippen molar-refractivity contribution < 1.29 is 9.84 Å². The average molecular weight is 287 g/mol. The van der Waals surface area contributed by atoms with Crippen molar-refractivity contribution in [2.75, 3.05) is 24.6 Å². The second kappa shape index (κ2) is 6.34. The summed E-state index contributed by atoms with van der Waals surface area (Å²) < 4.78 is 5.38. The number of anilines is 1. The quantitative estimate of drug-likeness (QED) is 0.905. The number of hydrogen-bond acceptors (Lipinski definition) is 6. The predicted octanol–water partition coefficient (Wildman–Crippen LogP) is 1.52. The van der Waals surface area contributed by atoms with E-state index in [4.69, 9.17) is 16.3 Å². The van der Waals surface area contributed by atoms with Gasteiger partial charge in [-0.15, -0.1) is 0 Å². The molecule has 0 amide bonds. The Balaban J connectivity index is 2.13. The van der Waals surface area contributed by atoms with Gasteiger partial charge in [0.25, 0.3) is 0 Å². The molecule has 2 atom stereocenters. The molecule has 1 aliphatic heterocycles. The summed E-state index contributed by atoms with van der Waals surface area (Å²) in [5, 5.41) is 10.0. The van der Waals surface area contributed by atoms with E-state index in [0.29, 0.717) is 25.0 Å². The molecular formula is C12H19ClN4O2. The highest BCUT2D eigenvalue weighted by Gasteiger charge is 2.26. The zero-order valence-electron chi connectivity index (χ0n) is 11.2. The molecule has 1 N–H and O–H groups in total. The van der Waals surface area contributed by atoms with E-state index in [1.807, 2.05) is 18.7 Å². The lowest BCUT2D eigenvalue weighted by Crippen LogP contribution is -2.43. The van der Waals surface area contributed by atoms with E-state index >= 15 is 0 Å². The molecule has 19 heavy (non-hydrogen) atoms.